The van der Waals surface area contributed by atoms with E-state index in [2.05, 4.69) is 11.0 Å². The SMILES string of the molecule is NCCN(Cc1cccc(Cl)c1)C1CC1. The standard InChI is InChI=1S/C12H17ClN2/c13-11-3-1-2-10(8-11)9-15(7-6-14)12-4-5-12/h1-3,8,12H,4-7,9,14H2. The van der Waals surface area contributed by atoms with Crippen LogP contribution in [-0.4, -0.2) is 24.0 Å². The van der Waals surface area contributed by atoms with Gasteiger partial charge >= 0.3 is 0 Å². The molecule has 1 aliphatic carbocycles. The van der Waals surface area contributed by atoms with Crippen LogP contribution in [0.15, 0.2) is 24.3 Å². The Morgan fingerprint density at radius 3 is 2.80 bits per heavy atom. The molecule has 2 rings (SSSR count). The highest BCUT2D eigenvalue weighted by Crippen LogP contribution is 2.28. The number of rotatable bonds is 5. The van der Waals surface area contributed by atoms with Gasteiger partial charge in [0.05, 0.1) is 0 Å². The first kappa shape index (κ1) is 10.9. The van der Waals surface area contributed by atoms with Crippen molar-refractivity contribution in [1.82, 2.24) is 4.90 Å². The molecule has 3 heteroatoms. The smallest absolute Gasteiger partial charge is 0.0409 e. The molecular formula is C12H17ClN2. The third-order valence-electron chi connectivity index (χ3n) is 2.75. The largest absolute Gasteiger partial charge is 0.329 e. The first-order valence-corrected chi connectivity index (χ1v) is 5.86. The quantitative estimate of drug-likeness (QED) is 0.832. The lowest BCUT2D eigenvalue weighted by atomic mass is 10.2. The monoisotopic (exact) mass is 224 g/mol. The van der Waals surface area contributed by atoms with Gasteiger partial charge in [-0.25, -0.2) is 0 Å². The highest BCUT2D eigenvalue weighted by Gasteiger charge is 2.28. The topological polar surface area (TPSA) is 29.3 Å². The minimum absolute atomic E-state index is 0.733. The molecule has 0 bridgehead atoms. The Bertz CT molecular complexity index is 323. The van der Waals surface area contributed by atoms with Crippen LogP contribution in [-0.2, 0) is 6.54 Å². The van der Waals surface area contributed by atoms with Crippen LogP contribution in [0.4, 0.5) is 0 Å². The molecule has 2 N–H and O–H groups in total. The maximum absolute atomic E-state index is 5.96. The summed E-state index contributed by atoms with van der Waals surface area (Å²) in [5, 5.41) is 0.816. The predicted molar refractivity (Wildman–Crippen MR) is 63.9 cm³/mol. The summed E-state index contributed by atoms with van der Waals surface area (Å²) in [4.78, 5) is 2.45. The van der Waals surface area contributed by atoms with Crippen molar-refractivity contribution in [2.45, 2.75) is 25.4 Å². The van der Waals surface area contributed by atoms with E-state index in [1.165, 1.54) is 18.4 Å². The van der Waals surface area contributed by atoms with Gasteiger partial charge in [0, 0.05) is 30.7 Å². The van der Waals surface area contributed by atoms with E-state index in [-0.39, 0.29) is 0 Å². The third-order valence-corrected chi connectivity index (χ3v) is 2.99. The molecule has 0 heterocycles. The van der Waals surface area contributed by atoms with E-state index in [0.29, 0.717) is 0 Å². The molecule has 1 aromatic rings. The molecule has 1 saturated carbocycles. The molecule has 0 aliphatic heterocycles. The lowest BCUT2D eigenvalue weighted by molar-refractivity contribution is 0.262. The Labute approximate surface area is 96.0 Å². The van der Waals surface area contributed by atoms with E-state index >= 15 is 0 Å². The van der Waals surface area contributed by atoms with Crippen molar-refractivity contribution in [2.24, 2.45) is 5.73 Å². The summed E-state index contributed by atoms with van der Waals surface area (Å²) in [6.45, 7) is 2.69. The zero-order chi connectivity index (χ0) is 10.7. The first-order chi connectivity index (χ1) is 7.29. The molecule has 0 unspecified atom stereocenters. The van der Waals surface area contributed by atoms with Gasteiger partial charge in [0.1, 0.15) is 0 Å². The van der Waals surface area contributed by atoms with Crippen molar-refractivity contribution in [2.75, 3.05) is 13.1 Å². The fourth-order valence-electron chi connectivity index (χ4n) is 1.87. The van der Waals surface area contributed by atoms with Gasteiger partial charge in [-0.1, -0.05) is 23.7 Å². The number of hydrogen-bond donors (Lipinski definition) is 1. The summed E-state index contributed by atoms with van der Waals surface area (Å²) in [5.41, 5.74) is 6.89. The minimum atomic E-state index is 0.733. The lowest BCUT2D eigenvalue weighted by Gasteiger charge is -2.21. The van der Waals surface area contributed by atoms with Crippen LogP contribution in [0.25, 0.3) is 0 Å². The second-order valence-electron chi connectivity index (χ2n) is 4.12. The molecule has 1 fully saturated rings. The number of halogens is 1. The van der Waals surface area contributed by atoms with E-state index < -0.39 is 0 Å². The van der Waals surface area contributed by atoms with Gasteiger partial charge < -0.3 is 5.73 Å². The molecule has 0 spiro atoms. The van der Waals surface area contributed by atoms with Crippen LogP contribution < -0.4 is 5.73 Å². The molecule has 15 heavy (non-hydrogen) atoms. The van der Waals surface area contributed by atoms with Gasteiger partial charge in [-0.15, -0.1) is 0 Å². The molecular weight excluding hydrogens is 208 g/mol. The Morgan fingerprint density at radius 2 is 2.20 bits per heavy atom. The van der Waals surface area contributed by atoms with E-state index in [1.54, 1.807) is 0 Å². The molecule has 0 amide bonds. The highest BCUT2D eigenvalue weighted by molar-refractivity contribution is 6.30. The van der Waals surface area contributed by atoms with E-state index in [1.807, 2.05) is 18.2 Å². The van der Waals surface area contributed by atoms with Gasteiger partial charge in [-0.2, -0.15) is 0 Å². The molecule has 2 nitrogen and oxygen atoms in total. The van der Waals surface area contributed by atoms with Crippen LogP contribution in [0, 0.1) is 0 Å². The Morgan fingerprint density at radius 1 is 1.40 bits per heavy atom. The fourth-order valence-corrected chi connectivity index (χ4v) is 2.08. The van der Waals surface area contributed by atoms with Gasteiger partial charge in [0.2, 0.25) is 0 Å². The van der Waals surface area contributed by atoms with Crippen molar-refractivity contribution in [3.63, 3.8) is 0 Å². The Kier molecular flexibility index (Phi) is 3.62. The van der Waals surface area contributed by atoms with Crippen LogP contribution in [0.5, 0.6) is 0 Å². The summed E-state index contributed by atoms with van der Waals surface area (Å²) in [7, 11) is 0. The van der Waals surface area contributed by atoms with E-state index in [4.69, 9.17) is 17.3 Å². The summed E-state index contributed by atoms with van der Waals surface area (Å²) < 4.78 is 0. The van der Waals surface area contributed by atoms with Crippen LogP contribution in [0.2, 0.25) is 5.02 Å². The van der Waals surface area contributed by atoms with E-state index in [9.17, 15) is 0 Å². The Balaban J connectivity index is 1.98. The maximum Gasteiger partial charge on any atom is 0.0409 e. The average molecular weight is 225 g/mol. The van der Waals surface area contributed by atoms with Crippen molar-refractivity contribution >= 4 is 11.6 Å². The second-order valence-corrected chi connectivity index (χ2v) is 4.56. The zero-order valence-electron chi connectivity index (χ0n) is 8.82. The maximum atomic E-state index is 5.96. The Hall–Kier alpha value is -0.570. The normalized spacial score (nSPS) is 15.9. The van der Waals surface area contributed by atoms with Gasteiger partial charge in [-0.3, -0.25) is 4.90 Å². The van der Waals surface area contributed by atoms with Crippen molar-refractivity contribution in [3.05, 3.63) is 34.9 Å². The third kappa shape index (κ3) is 3.20. The molecule has 1 aromatic carbocycles. The predicted octanol–water partition coefficient (Wildman–Crippen LogP) is 2.26. The minimum Gasteiger partial charge on any atom is -0.329 e. The van der Waals surface area contributed by atoms with Crippen LogP contribution in [0.1, 0.15) is 18.4 Å². The van der Waals surface area contributed by atoms with E-state index in [0.717, 1.165) is 30.7 Å². The molecule has 0 saturated heterocycles. The molecule has 82 valence electrons. The fraction of sp³-hybridized carbons (Fsp3) is 0.500. The van der Waals surface area contributed by atoms with Crippen LogP contribution >= 0.6 is 11.6 Å². The van der Waals surface area contributed by atoms with Crippen LogP contribution in [0.3, 0.4) is 0 Å². The number of nitrogens with two attached hydrogens (primary N) is 1. The lowest BCUT2D eigenvalue weighted by Crippen LogP contribution is -2.30. The number of nitrogens with zero attached hydrogens (tertiary/aromatic N) is 1. The van der Waals surface area contributed by atoms with Crippen molar-refractivity contribution < 1.29 is 0 Å². The van der Waals surface area contributed by atoms with Crippen molar-refractivity contribution in [3.8, 4) is 0 Å². The zero-order valence-corrected chi connectivity index (χ0v) is 9.58. The summed E-state index contributed by atoms with van der Waals surface area (Å²) in [5.74, 6) is 0. The molecule has 0 radical (unpaired) electrons. The molecule has 0 aromatic heterocycles. The summed E-state index contributed by atoms with van der Waals surface area (Å²) >= 11 is 5.96. The number of benzene rings is 1. The highest BCUT2D eigenvalue weighted by atomic mass is 35.5. The summed E-state index contributed by atoms with van der Waals surface area (Å²) in [6, 6.07) is 8.83. The summed E-state index contributed by atoms with van der Waals surface area (Å²) in [6.07, 6.45) is 2.64. The average Bonchev–Trinajstić information content (AvgIpc) is 3.00. The molecule has 1 aliphatic rings. The van der Waals surface area contributed by atoms with Gasteiger partial charge in [0.15, 0.2) is 0 Å². The van der Waals surface area contributed by atoms with Crippen molar-refractivity contribution in [1.29, 1.82) is 0 Å². The number of hydrogen-bond acceptors (Lipinski definition) is 2. The second kappa shape index (κ2) is 4.97. The first-order valence-electron chi connectivity index (χ1n) is 5.48. The molecule has 0 atom stereocenters. The van der Waals surface area contributed by atoms with Gasteiger partial charge in [0.25, 0.3) is 0 Å². The van der Waals surface area contributed by atoms with Gasteiger partial charge in [-0.05, 0) is 30.5 Å².